The van der Waals surface area contributed by atoms with Crippen molar-refractivity contribution in [3.05, 3.63) is 41.0 Å². The van der Waals surface area contributed by atoms with Crippen LogP contribution in [0, 0.1) is 0 Å². The zero-order chi connectivity index (χ0) is 14.1. The Labute approximate surface area is 125 Å². The quantitative estimate of drug-likeness (QED) is 0.866. The fraction of sp³-hybridized carbons (Fsp3) is 0.438. The normalized spacial score (nSPS) is 22.2. The smallest absolute Gasteiger partial charge is 0.251 e. The number of carbonyl (C=O) groups is 1. The lowest BCUT2D eigenvalue weighted by Gasteiger charge is -2.23. The van der Waals surface area contributed by atoms with E-state index in [0.29, 0.717) is 6.54 Å². The highest BCUT2D eigenvalue weighted by molar-refractivity contribution is 7.81. The molecule has 1 aromatic rings. The number of methoxy groups -OCH3 is 1. The van der Waals surface area contributed by atoms with Gasteiger partial charge in [-0.3, -0.25) is 4.79 Å². The summed E-state index contributed by atoms with van der Waals surface area (Å²) in [6, 6.07) is 7.86. The maximum absolute atomic E-state index is 12.5. The third-order valence-corrected chi connectivity index (χ3v) is 4.74. The number of amides is 1. The zero-order valence-electron chi connectivity index (χ0n) is 11.6. The first kappa shape index (κ1) is 13.6. The number of benzene rings is 1. The van der Waals surface area contributed by atoms with Gasteiger partial charge in [0.2, 0.25) is 0 Å². The summed E-state index contributed by atoms with van der Waals surface area (Å²) in [6.45, 7) is 0.615. The summed E-state index contributed by atoms with van der Waals surface area (Å²) in [7, 11) is 1.65. The van der Waals surface area contributed by atoms with E-state index < -0.39 is 0 Å². The average molecular weight is 289 g/mol. The van der Waals surface area contributed by atoms with Gasteiger partial charge in [-0.2, -0.15) is 0 Å². The molecule has 0 fully saturated rings. The van der Waals surface area contributed by atoms with E-state index in [1.807, 2.05) is 29.2 Å². The molecule has 1 aliphatic heterocycles. The first-order valence-corrected chi connectivity index (χ1v) is 7.56. The summed E-state index contributed by atoms with van der Waals surface area (Å²) in [5.74, 6) is 1.01. The van der Waals surface area contributed by atoms with Crippen molar-refractivity contribution in [1.29, 1.82) is 0 Å². The van der Waals surface area contributed by atoms with Gasteiger partial charge in [-0.1, -0.05) is 12.1 Å². The third-order valence-electron chi connectivity index (χ3n) is 4.15. The van der Waals surface area contributed by atoms with E-state index in [2.05, 4.69) is 12.6 Å². The second kappa shape index (κ2) is 5.52. The second-order valence-corrected chi connectivity index (χ2v) is 5.85. The predicted molar refractivity (Wildman–Crippen MR) is 81.8 cm³/mol. The number of hydrogen-bond donors (Lipinski definition) is 1. The largest absolute Gasteiger partial charge is 0.497 e. The van der Waals surface area contributed by atoms with Crippen LogP contribution in [0.5, 0.6) is 5.75 Å². The second-order valence-electron chi connectivity index (χ2n) is 5.37. The van der Waals surface area contributed by atoms with Gasteiger partial charge in [0.1, 0.15) is 5.75 Å². The van der Waals surface area contributed by atoms with Crippen LogP contribution < -0.4 is 4.74 Å². The number of thiol groups is 1. The summed E-state index contributed by atoms with van der Waals surface area (Å²) in [5, 5.41) is -0.0418. The Morgan fingerprint density at radius 3 is 2.60 bits per heavy atom. The van der Waals surface area contributed by atoms with Crippen LogP contribution in [0.4, 0.5) is 0 Å². The van der Waals surface area contributed by atoms with Crippen LogP contribution >= 0.6 is 12.6 Å². The van der Waals surface area contributed by atoms with Crippen molar-refractivity contribution in [2.24, 2.45) is 0 Å². The van der Waals surface area contributed by atoms with Crippen molar-refractivity contribution >= 4 is 18.5 Å². The molecular weight excluding hydrogens is 270 g/mol. The summed E-state index contributed by atoms with van der Waals surface area (Å²) in [5.41, 5.74) is 3.38. The maximum Gasteiger partial charge on any atom is 0.251 e. The van der Waals surface area contributed by atoms with Crippen molar-refractivity contribution < 1.29 is 9.53 Å². The van der Waals surface area contributed by atoms with Crippen LogP contribution in [0.2, 0.25) is 0 Å². The Morgan fingerprint density at radius 1 is 1.25 bits per heavy atom. The van der Waals surface area contributed by atoms with Crippen LogP contribution in [0.15, 0.2) is 35.4 Å². The van der Waals surface area contributed by atoms with Crippen molar-refractivity contribution in [2.75, 3.05) is 7.11 Å². The van der Waals surface area contributed by atoms with Gasteiger partial charge >= 0.3 is 0 Å². The van der Waals surface area contributed by atoms with E-state index in [1.54, 1.807) is 7.11 Å². The van der Waals surface area contributed by atoms with Crippen molar-refractivity contribution in [3.8, 4) is 5.75 Å². The molecule has 1 aliphatic carbocycles. The molecule has 0 aromatic heterocycles. The van der Waals surface area contributed by atoms with Crippen LogP contribution in [-0.4, -0.2) is 23.3 Å². The molecule has 4 heteroatoms. The molecule has 20 heavy (non-hydrogen) atoms. The molecule has 1 aromatic carbocycles. The minimum absolute atomic E-state index is 0.0418. The molecule has 0 saturated heterocycles. The minimum Gasteiger partial charge on any atom is -0.497 e. The monoisotopic (exact) mass is 289 g/mol. The molecule has 1 atom stereocenters. The van der Waals surface area contributed by atoms with Crippen LogP contribution in [0.25, 0.3) is 0 Å². The highest BCUT2D eigenvalue weighted by Crippen LogP contribution is 2.38. The molecule has 0 spiro atoms. The Kier molecular flexibility index (Phi) is 3.74. The molecule has 1 unspecified atom stereocenters. The van der Waals surface area contributed by atoms with E-state index in [1.165, 1.54) is 12.0 Å². The fourth-order valence-electron chi connectivity index (χ4n) is 3.02. The molecule has 0 N–H and O–H groups in total. The number of rotatable bonds is 3. The van der Waals surface area contributed by atoms with E-state index in [0.717, 1.165) is 36.1 Å². The first-order valence-electron chi connectivity index (χ1n) is 7.04. The standard InChI is InChI=1S/C16H19NO2S/c1-19-12-8-6-11(7-9-12)10-17-15(18)13-4-2-3-5-14(13)16(17)20/h6-9,16,20H,2-5,10H2,1H3. The highest BCUT2D eigenvalue weighted by atomic mass is 32.1. The van der Waals surface area contributed by atoms with Crippen LogP contribution in [0.1, 0.15) is 31.2 Å². The molecule has 0 bridgehead atoms. The number of ether oxygens (including phenoxy) is 1. The lowest BCUT2D eigenvalue weighted by atomic mass is 9.94. The number of carbonyl (C=O) groups excluding carboxylic acids is 1. The molecule has 2 aliphatic rings. The SMILES string of the molecule is COc1ccc(CN2C(=O)C3=C(CCCC3)C2S)cc1. The number of nitrogens with zero attached hydrogens (tertiary/aromatic N) is 1. The summed E-state index contributed by atoms with van der Waals surface area (Å²) in [4.78, 5) is 14.3. The Morgan fingerprint density at radius 2 is 1.95 bits per heavy atom. The van der Waals surface area contributed by atoms with Gasteiger partial charge in [-0.25, -0.2) is 0 Å². The molecule has 1 amide bonds. The molecule has 1 heterocycles. The highest BCUT2D eigenvalue weighted by Gasteiger charge is 2.37. The van der Waals surface area contributed by atoms with Gasteiger partial charge in [-0.15, -0.1) is 12.6 Å². The summed E-state index contributed by atoms with van der Waals surface area (Å²) < 4.78 is 5.15. The third kappa shape index (κ3) is 2.33. The molecule has 3 rings (SSSR count). The Bertz CT molecular complexity index is 550. The molecule has 0 saturated carbocycles. The zero-order valence-corrected chi connectivity index (χ0v) is 12.5. The van der Waals surface area contributed by atoms with Gasteiger partial charge < -0.3 is 9.64 Å². The van der Waals surface area contributed by atoms with Crippen LogP contribution in [0.3, 0.4) is 0 Å². The van der Waals surface area contributed by atoms with E-state index >= 15 is 0 Å². The Balaban J connectivity index is 1.76. The number of hydrogen-bond acceptors (Lipinski definition) is 3. The van der Waals surface area contributed by atoms with E-state index in [4.69, 9.17) is 4.74 Å². The first-order chi connectivity index (χ1) is 9.70. The molecule has 0 radical (unpaired) electrons. The minimum atomic E-state index is -0.0418. The van der Waals surface area contributed by atoms with Gasteiger partial charge in [0.05, 0.1) is 12.5 Å². The summed E-state index contributed by atoms with van der Waals surface area (Å²) in [6.07, 6.45) is 4.25. The van der Waals surface area contributed by atoms with E-state index in [9.17, 15) is 4.79 Å². The Hall–Kier alpha value is -1.42. The van der Waals surface area contributed by atoms with Gasteiger partial charge in [0.25, 0.3) is 5.91 Å². The lowest BCUT2D eigenvalue weighted by Crippen LogP contribution is -2.31. The van der Waals surface area contributed by atoms with Gasteiger partial charge in [0, 0.05) is 12.1 Å². The van der Waals surface area contributed by atoms with E-state index in [-0.39, 0.29) is 11.3 Å². The predicted octanol–water partition coefficient (Wildman–Crippen LogP) is 3.16. The average Bonchev–Trinajstić information content (AvgIpc) is 2.74. The summed E-state index contributed by atoms with van der Waals surface area (Å²) >= 11 is 4.66. The molecular formula is C16H19NO2S. The lowest BCUT2D eigenvalue weighted by molar-refractivity contribution is -0.126. The van der Waals surface area contributed by atoms with Crippen molar-refractivity contribution in [2.45, 2.75) is 37.6 Å². The van der Waals surface area contributed by atoms with Gasteiger partial charge in [-0.05, 0) is 49.0 Å². The topological polar surface area (TPSA) is 29.5 Å². The fourth-order valence-corrected chi connectivity index (χ4v) is 3.49. The molecule has 106 valence electrons. The maximum atomic E-state index is 12.5. The van der Waals surface area contributed by atoms with Crippen LogP contribution in [-0.2, 0) is 11.3 Å². The van der Waals surface area contributed by atoms with Gasteiger partial charge in [0.15, 0.2) is 0 Å². The molecule has 3 nitrogen and oxygen atoms in total. The van der Waals surface area contributed by atoms with Crippen molar-refractivity contribution in [1.82, 2.24) is 4.90 Å². The van der Waals surface area contributed by atoms with Crippen molar-refractivity contribution in [3.63, 3.8) is 0 Å².